The zero-order valence-corrected chi connectivity index (χ0v) is 19.6. The average molecular weight is 478 g/mol. The lowest BCUT2D eigenvalue weighted by Crippen LogP contribution is -2.45. The molecule has 2 aliphatic carbocycles. The summed E-state index contributed by atoms with van der Waals surface area (Å²) in [5.41, 5.74) is 7.90. The van der Waals surface area contributed by atoms with Gasteiger partial charge in [0.2, 0.25) is 0 Å². The Labute approximate surface area is 169 Å². The van der Waals surface area contributed by atoms with Gasteiger partial charge in [-0.1, -0.05) is 83.1 Å². The summed E-state index contributed by atoms with van der Waals surface area (Å²) in [4.78, 5) is 0. The Morgan fingerprint density at radius 2 is 1.16 bits per heavy atom. The van der Waals surface area contributed by atoms with E-state index in [2.05, 4.69) is 95.2 Å². The highest BCUT2D eigenvalue weighted by molar-refractivity contribution is 9.10. The summed E-state index contributed by atoms with van der Waals surface area (Å²) < 4.78 is 2.62. The van der Waals surface area contributed by atoms with Crippen LogP contribution in [0.3, 0.4) is 0 Å². The Bertz CT molecular complexity index is 759. The van der Waals surface area contributed by atoms with Crippen molar-refractivity contribution in [1.29, 1.82) is 0 Å². The molecule has 0 saturated heterocycles. The van der Waals surface area contributed by atoms with E-state index >= 15 is 0 Å². The molecule has 25 heavy (non-hydrogen) atoms. The van der Waals surface area contributed by atoms with Gasteiger partial charge in [0.25, 0.3) is 0 Å². The van der Waals surface area contributed by atoms with E-state index in [1.54, 1.807) is 22.3 Å². The van der Waals surface area contributed by atoms with Crippen molar-refractivity contribution in [3.05, 3.63) is 67.6 Å². The highest BCUT2D eigenvalue weighted by atomic mass is 79.9. The molecule has 0 spiro atoms. The lowest BCUT2D eigenvalue weighted by molar-refractivity contribution is 0.543. The van der Waals surface area contributed by atoms with Crippen LogP contribution in [-0.2, 0) is 12.8 Å². The Hall–Kier alpha value is -0.383. The zero-order valence-electron chi connectivity index (χ0n) is 15.4. The molecule has 0 nitrogen and oxygen atoms in total. The second-order valence-electron chi connectivity index (χ2n) is 8.75. The number of rotatable bonds is 2. The Balaban J connectivity index is 1.82. The van der Waals surface area contributed by atoms with Crippen LogP contribution in [0.4, 0.5) is 0 Å². The summed E-state index contributed by atoms with van der Waals surface area (Å²) in [6, 6.07) is 13.7. The first-order chi connectivity index (χ1) is 11.8. The zero-order chi connectivity index (χ0) is 17.9. The van der Waals surface area contributed by atoms with Crippen molar-refractivity contribution in [2.24, 2.45) is 11.8 Å². The van der Waals surface area contributed by atoms with Crippen molar-refractivity contribution < 1.29 is 0 Å². The second-order valence-corrected chi connectivity index (χ2v) is 15.4. The average Bonchev–Trinajstić information content (AvgIpc) is 3.06. The van der Waals surface area contributed by atoms with Gasteiger partial charge in [0.1, 0.15) is 0 Å². The van der Waals surface area contributed by atoms with Crippen LogP contribution in [0.5, 0.6) is 0 Å². The maximum Gasteiger partial charge on any atom is 0.0634 e. The minimum absolute atomic E-state index is 0.748. The van der Waals surface area contributed by atoms with Gasteiger partial charge in [-0.25, -0.2) is 0 Å². The van der Waals surface area contributed by atoms with Crippen LogP contribution in [0.1, 0.15) is 47.2 Å². The minimum atomic E-state index is -1.55. The van der Waals surface area contributed by atoms with Crippen molar-refractivity contribution in [3.63, 3.8) is 0 Å². The van der Waals surface area contributed by atoms with Crippen LogP contribution in [0.2, 0.25) is 13.1 Å². The first kappa shape index (κ1) is 18.0. The fourth-order valence-electron chi connectivity index (χ4n) is 6.12. The molecule has 0 aliphatic heterocycles. The molecule has 132 valence electrons. The van der Waals surface area contributed by atoms with E-state index in [4.69, 9.17) is 0 Å². The quantitative estimate of drug-likeness (QED) is 0.399. The van der Waals surface area contributed by atoms with Crippen molar-refractivity contribution in [3.8, 4) is 0 Å². The van der Waals surface area contributed by atoms with Gasteiger partial charge in [0, 0.05) is 8.95 Å². The molecule has 0 N–H and O–H groups in total. The Morgan fingerprint density at radius 3 is 1.56 bits per heavy atom. The van der Waals surface area contributed by atoms with Crippen LogP contribution in [0.15, 0.2) is 45.3 Å². The Kier molecular flexibility index (Phi) is 4.57. The van der Waals surface area contributed by atoms with Crippen LogP contribution >= 0.6 is 31.9 Å². The predicted molar refractivity (Wildman–Crippen MR) is 117 cm³/mol. The van der Waals surface area contributed by atoms with Crippen LogP contribution in [0, 0.1) is 11.8 Å². The van der Waals surface area contributed by atoms with E-state index in [-0.39, 0.29) is 0 Å². The summed E-state index contributed by atoms with van der Waals surface area (Å²) in [6.07, 6.45) is 2.45. The smallest absolute Gasteiger partial charge is 0.0634 e. The van der Waals surface area contributed by atoms with E-state index < -0.39 is 8.07 Å². The highest BCUT2D eigenvalue weighted by Crippen LogP contribution is 2.54. The van der Waals surface area contributed by atoms with Gasteiger partial charge in [-0.15, -0.1) is 0 Å². The molecule has 0 fully saturated rings. The monoisotopic (exact) mass is 476 g/mol. The topological polar surface area (TPSA) is 0 Å². The first-order valence-electron chi connectivity index (χ1n) is 9.37. The van der Waals surface area contributed by atoms with E-state index in [0.717, 1.165) is 22.9 Å². The predicted octanol–water partition coefficient (Wildman–Crippen LogP) is 7.25. The third kappa shape index (κ3) is 2.73. The highest BCUT2D eigenvalue weighted by Gasteiger charge is 2.50. The van der Waals surface area contributed by atoms with E-state index in [0.29, 0.717) is 0 Å². The van der Waals surface area contributed by atoms with Crippen LogP contribution in [0.25, 0.3) is 0 Å². The van der Waals surface area contributed by atoms with Crippen molar-refractivity contribution in [1.82, 2.24) is 0 Å². The molecule has 0 radical (unpaired) electrons. The fraction of sp³-hybridized carbons (Fsp3) is 0.455. The molecule has 2 aliphatic rings. The second kappa shape index (κ2) is 6.35. The number of halogens is 2. The fourth-order valence-corrected chi connectivity index (χ4v) is 12.9. The molecule has 0 saturated carbocycles. The molecule has 0 bridgehead atoms. The summed E-state index contributed by atoms with van der Waals surface area (Å²) >= 11 is 7.62. The summed E-state index contributed by atoms with van der Waals surface area (Å²) in [6.45, 7) is 10.3. The molecule has 0 aromatic heterocycles. The minimum Gasteiger partial charge on any atom is -0.0684 e. The van der Waals surface area contributed by atoms with Crippen LogP contribution in [-0.4, -0.2) is 8.07 Å². The van der Waals surface area contributed by atoms with Gasteiger partial charge >= 0.3 is 0 Å². The first-order valence-corrected chi connectivity index (χ1v) is 14.1. The SMILES string of the molecule is CC1Cc2c(Br)cccc2C1[Si](C)(C)C1c2cccc(Br)c2CC1C. The number of benzene rings is 2. The van der Waals surface area contributed by atoms with Gasteiger partial charge in [-0.05, 0) is 70.1 Å². The third-order valence-electron chi connectivity index (χ3n) is 6.77. The molecule has 3 heteroatoms. The molecule has 4 unspecified atom stereocenters. The maximum atomic E-state index is 3.81. The Morgan fingerprint density at radius 1 is 0.760 bits per heavy atom. The third-order valence-corrected chi connectivity index (χ3v) is 13.2. The normalized spacial score (nSPS) is 28.1. The molecular weight excluding hydrogens is 452 g/mol. The van der Waals surface area contributed by atoms with Crippen molar-refractivity contribution >= 4 is 39.9 Å². The van der Waals surface area contributed by atoms with Gasteiger partial charge in [-0.2, -0.15) is 0 Å². The largest absolute Gasteiger partial charge is 0.0684 e. The molecule has 4 rings (SSSR count). The molecule has 0 amide bonds. The van der Waals surface area contributed by atoms with Gasteiger partial charge in [0.05, 0.1) is 8.07 Å². The number of hydrogen-bond donors (Lipinski definition) is 0. The lowest BCUT2D eigenvalue weighted by Gasteiger charge is -2.41. The molecule has 4 atom stereocenters. The van der Waals surface area contributed by atoms with Gasteiger partial charge in [0.15, 0.2) is 0 Å². The summed E-state index contributed by atoms with van der Waals surface area (Å²) in [5, 5.41) is 0. The standard InChI is InChI=1S/C22H26Br2Si/c1-13-11-17-15(7-5-9-19(17)23)21(13)25(3,4)22-14(2)12-18-16(22)8-6-10-20(18)24/h5-10,13-14,21-22H,11-12H2,1-4H3. The molecular formula is C22H26Br2Si. The maximum absolute atomic E-state index is 3.81. The van der Waals surface area contributed by atoms with Crippen molar-refractivity contribution in [2.75, 3.05) is 0 Å². The van der Waals surface area contributed by atoms with Crippen LogP contribution < -0.4 is 0 Å². The summed E-state index contributed by atoms with van der Waals surface area (Å²) in [5.74, 6) is 1.50. The molecule has 0 heterocycles. The van der Waals surface area contributed by atoms with Gasteiger partial charge < -0.3 is 0 Å². The van der Waals surface area contributed by atoms with Gasteiger partial charge in [-0.3, -0.25) is 0 Å². The molecule has 2 aromatic rings. The van der Waals surface area contributed by atoms with E-state index in [1.807, 2.05) is 0 Å². The van der Waals surface area contributed by atoms with E-state index in [9.17, 15) is 0 Å². The van der Waals surface area contributed by atoms with E-state index in [1.165, 1.54) is 21.8 Å². The van der Waals surface area contributed by atoms with Crippen molar-refractivity contribution in [2.45, 2.75) is 50.9 Å². The molecule has 2 aromatic carbocycles. The number of fused-ring (bicyclic) bond motifs is 2. The number of hydrogen-bond acceptors (Lipinski definition) is 0. The summed E-state index contributed by atoms with van der Waals surface area (Å²) in [7, 11) is -1.55. The lowest BCUT2D eigenvalue weighted by atomic mass is 10.1.